The number of hydrogen-bond acceptors (Lipinski definition) is 3. The molecule has 0 atom stereocenters. The number of nitrogens with one attached hydrogen (secondary N) is 2. The molecule has 1 saturated heterocycles. The zero-order valence-electron chi connectivity index (χ0n) is 14.1. The van der Waals surface area contributed by atoms with E-state index >= 15 is 0 Å². The molecule has 9 heteroatoms. The van der Waals surface area contributed by atoms with Crippen molar-refractivity contribution in [3.05, 3.63) is 34.6 Å². The molecule has 4 N–H and O–H groups in total. The van der Waals surface area contributed by atoms with Gasteiger partial charge in [-0.1, -0.05) is 17.7 Å². The van der Waals surface area contributed by atoms with Gasteiger partial charge in [0.1, 0.15) is 38.5 Å². The van der Waals surface area contributed by atoms with Crippen molar-refractivity contribution >= 4 is 27.3 Å². The zero-order valence-corrected chi connectivity index (χ0v) is 15.6. The highest BCUT2D eigenvalue weighted by Crippen LogP contribution is 2.17. The van der Waals surface area contributed by atoms with Crippen molar-refractivity contribution in [3.63, 3.8) is 0 Å². The van der Waals surface area contributed by atoms with Crippen molar-refractivity contribution in [1.82, 2.24) is 0 Å². The summed E-state index contributed by atoms with van der Waals surface area (Å²) in [5.74, 6) is -1.00. The van der Waals surface area contributed by atoms with Crippen molar-refractivity contribution in [2.24, 2.45) is 5.73 Å². The van der Waals surface area contributed by atoms with Crippen molar-refractivity contribution in [2.45, 2.75) is 13.0 Å². The minimum Gasteiger partial charge on any atom is -0.370 e. The first-order valence-corrected chi connectivity index (χ1v) is 10.6. The van der Waals surface area contributed by atoms with Crippen LogP contribution >= 0.6 is 11.6 Å². The molecular weight excluding hydrogens is 369 g/mol. The maximum Gasteiger partial charge on any atom is 0.218 e. The van der Waals surface area contributed by atoms with Crippen molar-refractivity contribution in [1.29, 1.82) is 0 Å². The van der Waals surface area contributed by atoms with Gasteiger partial charge in [-0.25, -0.2) is 12.8 Å². The van der Waals surface area contributed by atoms with Gasteiger partial charge in [0.2, 0.25) is 5.91 Å². The minimum absolute atomic E-state index is 0.0596. The Morgan fingerprint density at radius 3 is 2.40 bits per heavy atom. The van der Waals surface area contributed by atoms with E-state index in [1.807, 2.05) is 0 Å². The molecule has 25 heavy (non-hydrogen) atoms. The van der Waals surface area contributed by atoms with E-state index in [4.69, 9.17) is 17.3 Å². The van der Waals surface area contributed by atoms with E-state index in [9.17, 15) is 17.6 Å². The Labute approximate surface area is 152 Å². The van der Waals surface area contributed by atoms with Crippen LogP contribution in [0.25, 0.3) is 0 Å². The molecule has 1 aromatic carbocycles. The monoisotopic (exact) mass is 393 g/mol. The van der Waals surface area contributed by atoms with Crippen molar-refractivity contribution < 1.29 is 27.4 Å². The van der Waals surface area contributed by atoms with E-state index in [0.717, 1.165) is 26.2 Å². The molecule has 0 unspecified atom stereocenters. The first-order valence-electron chi connectivity index (χ1n) is 8.35. The third-order valence-corrected chi connectivity index (χ3v) is 6.59. The van der Waals surface area contributed by atoms with Crippen LogP contribution in [0.15, 0.2) is 18.2 Å². The summed E-state index contributed by atoms with van der Waals surface area (Å²) in [6.07, 6.45) is -0.126. The lowest BCUT2D eigenvalue weighted by molar-refractivity contribution is -1.02. The summed E-state index contributed by atoms with van der Waals surface area (Å²) >= 11 is 6.07. The average molecular weight is 394 g/mol. The lowest BCUT2D eigenvalue weighted by Crippen LogP contribution is -3.27. The molecule has 0 spiro atoms. The molecule has 1 fully saturated rings. The molecule has 2 rings (SSSR count). The number of amides is 1. The van der Waals surface area contributed by atoms with Crippen molar-refractivity contribution in [3.8, 4) is 0 Å². The third kappa shape index (κ3) is 6.54. The van der Waals surface area contributed by atoms with Gasteiger partial charge in [0.05, 0.1) is 28.6 Å². The smallest absolute Gasteiger partial charge is 0.218 e. The summed E-state index contributed by atoms with van der Waals surface area (Å²) in [7, 11) is -3.24. The predicted octanol–water partition coefficient (Wildman–Crippen LogP) is -1.95. The molecule has 0 aromatic heterocycles. The topological polar surface area (TPSA) is 86.1 Å². The van der Waals surface area contributed by atoms with Crippen LogP contribution in [-0.2, 0) is 21.2 Å². The van der Waals surface area contributed by atoms with Gasteiger partial charge in [0, 0.05) is 6.42 Å². The van der Waals surface area contributed by atoms with Gasteiger partial charge < -0.3 is 15.5 Å². The van der Waals surface area contributed by atoms with Crippen LogP contribution in [0, 0.1) is 5.82 Å². The van der Waals surface area contributed by atoms with Crippen LogP contribution in [0.2, 0.25) is 5.02 Å². The van der Waals surface area contributed by atoms with E-state index in [-0.39, 0.29) is 23.7 Å². The normalized spacial score (nSPS) is 21.2. The molecule has 0 radical (unpaired) electrons. The number of sulfone groups is 1. The number of nitrogens with two attached hydrogens (primary N) is 1. The largest absolute Gasteiger partial charge is 0.370 e. The molecular formula is C16H25ClFN3O3S+2. The highest BCUT2D eigenvalue weighted by atomic mass is 35.5. The number of hydrogen-bond donors (Lipinski definition) is 3. The summed E-state index contributed by atoms with van der Waals surface area (Å²) in [6.45, 7) is 4.38. The maximum atomic E-state index is 13.9. The standard InChI is InChI=1S/C16H23ClFN3O3S/c17-14-2-1-3-15(18)13(14)12-21-7-5-20(6-8-21)9-11-25(23,24)10-4-16(19)22/h1-3H,4-12H2,(H2,19,22)/p+2. The van der Waals surface area contributed by atoms with E-state index < -0.39 is 15.7 Å². The number of piperazine rings is 1. The molecule has 1 aliphatic heterocycles. The van der Waals surface area contributed by atoms with E-state index in [2.05, 4.69) is 0 Å². The fourth-order valence-corrected chi connectivity index (χ4v) is 4.54. The summed E-state index contributed by atoms with van der Waals surface area (Å²) < 4.78 is 37.6. The Hall–Kier alpha value is -1.22. The summed E-state index contributed by atoms with van der Waals surface area (Å²) in [6, 6.07) is 4.70. The van der Waals surface area contributed by atoms with Crippen LogP contribution < -0.4 is 15.5 Å². The van der Waals surface area contributed by atoms with Crippen LogP contribution in [-0.4, -0.2) is 58.6 Å². The Kier molecular flexibility index (Phi) is 7.18. The van der Waals surface area contributed by atoms with Gasteiger partial charge in [0.25, 0.3) is 0 Å². The van der Waals surface area contributed by atoms with Gasteiger partial charge >= 0.3 is 0 Å². The van der Waals surface area contributed by atoms with Gasteiger partial charge in [0.15, 0.2) is 9.84 Å². The fraction of sp³-hybridized carbons (Fsp3) is 0.562. The molecule has 0 aliphatic carbocycles. The lowest BCUT2D eigenvalue weighted by Gasteiger charge is -2.29. The average Bonchev–Trinajstić information content (AvgIpc) is 2.56. The Morgan fingerprint density at radius 2 is 1.80 bits per heavy atom. The SMILES string of the molecule is NC(=O)CCS(=O)(=O)CC[NH+]1CC[NH+](Cc2c(F)cccc2Cl)CC1. The molecule has 1 amide bonds. The molecule has 6 nitrogen and oxygen atoms in total. The molecule has 1 aliphatic rings. The van der Waals surface area contributed by atoms with Crippen LogP contribution in [0.4, 0.5) is 4.39 Å². The molecule has 1 heterocycles. The molecule has 0 bridgehead atoms. The van der Waals surface area contributed by atoms with Crippen LogP contribution in [0.5, 0.6) is 0 Å². The number of carbonyl (C=O) groups is 1. The lowest BCUT2D eigenvalue weighted by atomic mass is 10.2. The van der Waals surface area contributed by atoms with Gasteiger partial charge in [-0.2, -0.15) is 0 Å². The molecule has 0 saturated carbocycles. The highest BCUT2D eigenvalue weighted by molar-refractivity contribution is 7.91. The van der Waals surface area contributed by atoms with E-state index in [1.165, 1.54) is 15.9 Å². The predicted molar refractivity (Wildman–Crippen MR) is 93.8 cm³/mol. The second kappa shape index (κ2) is 8.93. The summed E-state index contributed by atoms with van der Waals surface area (Å²) in [5.41, 5.74) is 5.53. The first kappa shape index (κ1) is 20.1. The van der Waals surface area contributed by atoms with Crippen LogP contribution in [0.3, 0.4) is 0 Å². The van der Waals surface area contributed by atoms with E-state index in [0.29, 0.717) is 23.7 Å². The Bertz CT molecular complexity index is 686. The number of benzene rings is 1. The maximum absolute atomic E-state index is 13.9. The second-order valence-corrected chi connectivity index (χ2v) is 9.21. The number of quaternary nitrogens is 2. The second-order valence-electron chi connectivity index (χ2n) is 6.50. The fourth-order valence-electron chi connectivity index (χ4n) is 2.99. The van der Waals surface area contributed by atoms with Gasteiger partial charge in [-0.05, 0) is 12.1 Å². The van der Waals surface area contributed by atoms with Crippen molar-refractivity contribution in [2.75, 3.05) is 44.2 Å². The number of carbonyl (C=O) groups excluding carboxylic acids is 1. The van der Waals surface area contributed by atoms with Gasteiger partial charge in [-0.3, -0.25) is 4.79 Å². The minimum atomic E-state index is -3.24. The zero-order chi connectivity index (χ0) is 18.4. The Morgan fingerprint density at radius 1 is 1.16 bits per heavy atom. The summed E-state index contributed by atoms with van der Waals surface area (Å²) in [4.78, 5) is 13.2. The number of halogens is 2. The third-order valence-electron chi connectivity index (χ3n) is 4.58. The number of primary amides is 1. The number of rotatable bonds is 8. The first-order chi connectivity index (χ1) is 11.8. The molecule has 1 aromatic rings. The quantitative estimate of drug-likeness (QED) is 0.480. The molecule has 140 valence electrons. The van der Waals surface area contributed by atoms with Crippen LogP contribution in [0.1, 0.15) is 12.0 Å². The highest BCUT2D eigenvalue weighted by Gasteiger charge is 2.26. The summed E-state index contributed by atoms with van der Waals surface area (Å²) in [5, 5.41) is 0.447. The Balaban J connectivity index is 1.77. The van der Waals surface area contributed by atoms with E-state index in [1.54, 1.807) is 12.1 Å². The van der Waals surface area contributed by atoms with Gasteiger partial charge in [-0.15, -0.1) is 0 Å².